The first kappa shape index (κ1) is 24.7. The van der Waals surface area contributed by atoms with Crippen molar-refractivity contribution in [3.63, 3.8) is 0 Å². The van der Waals surface area contributed by atoms with Crippen molar-refractivity contribution < 1.29 is 22.7 Å². The second-order valence-corrected chi connectivity index (χ2v) is 10.2. The third-order valence-corrected chi connectivity index (χ3v) is 7.65. The van der Waals surface area contributed by atoms with Gasteiger partial charge in [-0.25, -0.2) is 8.42 Å². The van der Waals surface area contributed by atoms with Gasteiger partial charge in [-0.1, -0.05) is 12.5 Å². The van der Waals surface area contributed by atoms with Gasteiger partial charge >= 0.3 is 11.8 Å². The van der Waals surface area contributed by atoms with Crippen molar-refractivity contribution in [3.8, 4) is 5.75 Å². The summed E-state index contributed by atoms with van der Waals surface area (Å²) >= 11 is 0. The average molecular weight is 474 g/mol. The van der Waals surface area contributed by atoms with Crippen molar-refractivity contribution in [1.82, 2.24) is 9.62 Å². The number of sulfonamides is 1. The molecule has 0 aromatic heterocycles. The predicted octanol–water partition coefficient (Wildman–Crippen LogP) is 3.00. The zero-order valence-electron chi connectivity index (χ0n) is 19.3. The second-order valence-electron chi connectivity index (χ2n) is 8.32. The predicted molar refractivity (Wildman–Crippen MR) is 127 cm³/mol. The molecule has 178 valence electrons. The van der Waals surface area contributed by atoms with E-state index in [-0.39, 0.29) is 17.5 Å². The molecule has 1 aliphatic heterocycles. The van der Waals surface area contributed by atoms with Crippen LogP contribution in [0.2, 0.25) is 0 Å². The van der Waals surface area contributed by atoms with Crippen LogP contribution in [0.1, 0.15) is 36.8 Å². The second kappa shape index (κ2) is 10.8. The van der Waals surface area contributed by atoms with E-state index in [0.717, 1.165) is 24.0 Å². The molecule has 0 bridgehead atoms. The van der Waals surface area contributed by atoms with Gasteiger partial charge in [-0.3, -0.25) is 9.59 Å². The Balaban J connectivity index is 1.58. The standard InChI is InChI=1S/C24H31N3O5S/c1-17-14-18(2)16-19(15-17)26-24(29)23(28)25-12-11-20-6-4-5-13-27(20)33(30,31)22-9-7-21(32-3)8-10-22/h7-10,14-16,20H,4-6,11-13H2,1-3H3,(H,25,28)(H,26,29). The largest absolute Gasteiger partial charge is 0.497 e. The molecule has 2 amide bonds. The first-order valence-corrected chi connectivity index (χ1v) is 12.5. The first-order chi connectivity index (χ1) is 15.7. The van der Waals surface area contributed by atoms with E-state index in [4.69, 9.17) is 4.74 Å². The number of anilines is 1. The van der Waals surface area contributed by atoms with E-state index in [1.807, 2.05) is 19.9 Å². The van der Waals surface area contributed by atoms with Gasteiger partial charge in [-0.05, 0) is 80.6 Å². The minimum absolute atomic E-state index is 0.207. The summed E-state index contributed by atoms with van der Waals surface area (Å²) in [7, 11) is -2.14. The summed E-state index contributed by atoms with van der Waals surface area (Å²) in [6, 6.07) is 11.7. The molecule has 1 fully saturated rings. The van der Waals surface area contributed by atoms with Crippen LogP contribution in [0.15, 0.2) is 47.4 Å². The topological polar surface area (TPSA) is 105 Å². The lowest BCUT2D eigenvalue weighted by Crippen LogP contribution is -2.45. The van der Waals surface area contributed by atoms with E-state index in [2.05, 4.69) is 10.6 Å². The molecule has 0 saturated carbocycles. The molecular weight excluding hydrogens is 442 g/mol. The van der Waals surface area contributed by atoms with Gasteiger partial charge in [0.15, 0.2) is 0 Å². The van der Waals surface area contributed by atoms with Crippen molar-refractivity contribution >= 4 is 27.5 Å². The van der Waals surface area contributed by atoms with Crippen LogP contribution in [0.25, 0.3) is 0 Å². The molecule has 33 heavy (non-hydrogen) atoms. The van der Waals surface area contributed by atoms with Crippen LogP contribution in [0, 0.1) is 13.8 Å². The molecule has 3 rings (SSSR count). The van der Waals surface area contributed by atoms with Gasteiger partial charge in [-0.15, -0.1) is 0 Å². The Bertz CT molecular complexity index is 1080. The Morgan fingerprint density at radius 3 is 2.33 bits per heavy atom. The Hall–Kier alpha value is -2.91. The van der Waals surface area contributed by atoms with E-state index in [0.29, 0.717) is 30.8 Å². The number of carbonyl (C=O) groups excluding carboxylic acids is 2. The number of rotatable bonds is 7. The highest BCUT2D eigenvalue weighted by Crippen LogP contribution is 2.28. The summed E-state index contributed by atoms with van der Waals surface area (Å²) in [6.45, 7) is 4.47. The first-order valence-electron chi connectivity index (χ1n) is 11.0. The number of hydrogen-bond acceptors (Lipinski definition) is 5. The quantitative estimate of drug-likeness (QED) is 0.602. The van der Waals surface area contributed by atoms with E-state index in [1.165, 1.54) is 11.4 Å². The van der Waals surface area contributed by atoms with Gasteiger partial charge in [0.25, 0.3) is 0 Å². The van der Waals surface area contributed by atoms with E-state index in [9.17, 15) is 18.0 Å². The number of methoxy groups -OCH3 is 1. The number of carbonyl (C=O) groups is 2. The van der Waals surface area contributed by atoms with Crippen LogP contribution >= 0.6 is 0 Å². The van der Waals surface area contributed by atoms with Crippen LogP contribution in [0.3, 0.4) is 0 Å². The lowest BCUT2D eigenvalue weighted by atomic mass is 10.0. The minimum Gasteiger partial charge on any atom is -0.497 e. The summed E-state index contributed by atoms with van der Waals surface area (Å²) in [6.07, 6.45) is 2.84. The number of ether oxygens (including phenoxy) is 1. The van der Waals surface area contributed by atoms with Crippen molar-refractivity contribution in [2.45, 2.75) is 50.5 Å². The molecule has 2 aromatic rings. The maximum atomic E-state index is 13.2. The lowest BCUT2D eigenvalue weighted by Gasteiger charge is -2.34. The van der Waals surface area contributed by atoms with Crippen LogP contribution in [-0.2, 0) is 19.6 Å². The zero-order valence-corrected chi connectivity index (χ0v) is 20.1. The molecule has 1 atom stereocenters. The molecule has 1 saturated heterocycles. The van der Waals surface area contributed by atoms with Crippen LogP contribution in [0.4, 0.5) is 5.69 Å². The molecule has 2 aromatic carbocycles. The molecular formula is C24H31N3O5S. The van der Waals surface area contributed by atoms with Crippen LogP contribution < -0.4 is 15.4 Å². The number of amides is 2. The van der Waals surface area contributed by atoms with E-state index in [1.54, 1.807) is 36.4 Å². The Kier molecular flexibility index (Phi) is 8.10. The van der Waals surface area contributed by atoms with E-state index >= 15 is 0 Å². The molecule has 8 nitrogen and oxygen atoms in total. The monoisotopic (exact) mass is 473 g/mol. The molecule has 1 unspecified atom stereocenters. The summed E-state index contributed by atoms with van der Waals surface area (Å²) < 4.78 is 33.0. The highest BCUT2D eigenvalue weighted by atomic mass is 32.2. The highest BCUT2D eigenvalue weighted by Gasteiger charge is 2.33. The summed E-state index contributed by atoms with van der Waals surface area (Å²) in [5.74, 6) is -0.896. The van der Waals surface area contributed by atoms with Gasteiger partial charge in [0.05, 0.1) is 12.0 Å². The van der Waals surface area contributed by atoms with Crippen molar-refractivity contribution in [1.29, 1.82) is 0 Å². The average Bonchev–Trinajstić information content (AvgIpc) is 2.78. The Morgan fingerprint density at radius 1 is 1.03 bits per heavy atom. The van der Waals surface area contributed by atoms with E-state index < -0.39 is 21.8 Å². The number of benzene rings is 2. The zero-order chi connectivity index (χ0) is 24.0. The smallest absolute Gasteiger partial charge is 0.313 e. The minimum atomic E-state index is -3.67. The third-order valence-electron chi connectivity index (χ3n) is 5.69. The van der Waals surface area contributed by atoms with Crippen molar-refractivity contribution in [2.75, 3.05) is 25.5 Å². The van der Waals surface area contributed by atoms with Crippen molar-refractivity contribution in [3.05, 3.63) is 53.6 Å². The number of nitrogens with zero attached hydrogens (tertiary/aromatic N) is 1. The van der Waals surface area contributed by atoms with Gasteiger partial charge in [-0.2, -0.15) is 4.31 Å². The maximum Gasteiger partial charge on any atom is 0.313 e. The summed E-state index contributed by atoms with van der Waals surface area (Å²) in [5, 5.41) is 5.23. The molecule has 9 heteroatoms. The third kappa shape index (κ3) is 6.33. The number of aryl methyl sites for hydroxylation is 2. The van der Waals surface area contributed by atoms with Crippen LogP contribution in [-0.4, -0.2) is 50.8 Å². The van der Waals surface area contributed by atoms with Crippen LogP contribution in [0.5, 0.6) is 5.75 Å². The molecule has 1 aliphatic rings. The number of piperidine rings is 1. The number of nitrogens with one attached hydrogen (secondary N) is 2. The fourth-order valence-corrected chi connectivity index (χ4v) is 5.85. The van der Waals surface area contributed by atoms with Gasteiger partial charge in [0.2, 0.25) is 10.0 Å². The summed E-state index contributed by atoms with van der Waals surface area (Å²) in [4.78, 5) is 24.7. The normalized spacial score (nSPS) is 16.8. The molecule has 0 spiro atoms. The molecule has 2 N–H and O–H groups in total. The molecule has 1 heterocycles. The van der Waals surface area contributed by atoms with Crippen molar-refractivity contribution in [2.24, 2.45) is 0 Å². The Labute approximate surface area is 195 Å². The SMILES string of the molecule is COc1ccc(S(=O)(=O)N2CCCCC2CCNC(=O)C(=O)Nc2cc(C)cc(C)c2)cc1. The highest BCUT2D eigenvalue weighted by molar-refractivity contribution is 7.89. The lowest BCUT2D eigenvalue weighted by molar-refractivity contribution is -0.136. The Morgan fingerprint density at radius 2 is 1.70 bits per heavy atom. The van der Waals surface area contributed by atoms with Gasteiger partial charge in [0, 0.05) is 24.8 Å². The van der Waals surface area contributed by atoms with Gasteiger partial charge < -0.3 is 15.4 Å². The number of hydrogen-bond donors (Lipinski definition) is 2. The fourth-order valence-electron chi connectivity index (χ4n) is 4.13. The molecule has 0 aliphatic carbocycles. The fraction of sp³-hybridized carbons (Fsp3) is 0.417. The molecule has 0 radical (unpaired) electrons. The summed E-state index contributed by atoms with van der Waals surface area (Å²) in [5.41, 5.74) is 2.54. The van der Waals surface area contributed by atoms with Gasteiger partial charge in [0.1, 0.15) is 5.75 Å². The maximum absolute atomic E-state index is 13.2.